The molecule has 2 aromatic heterocycles. The first-order valence-corrected chi connectivity index (χ1v) is 10.6. The zero-order valence-corrected chi connectivity index (χ0v) is 19.5. The number of hydrogen-bond donors (Lipinski definition) is 2. The van der Waals surface area contributed by atoms with Crippen LogP contribution in [-0.2, 0) is 6.61 Å². The minimum Gasteiger partial charge on any atom is -0.489 e. The van der Waals surface area contributed by atoms with Gasteiger partial charge in [-0.2, -0.15) is 9.78 Å². The number of ether oxygens (including phenoxy) is 1. The standard InChI is InChI=1S/C21H18Cl2N8O3/c1-11(13-4-7-16(8-5-13)33-10-14-3-6-15(22)9-17(14)23)25-27-21(32)18-12(2)26-30-31(18)20-19(24)28-34-29-20/h3-9H,10H2,1-2H3,(H2,24,28)(H,27,32)/b25-11+. The van der Waals surface area contributed by atoms with Gasteiger partial charge < -0.3 is 10.5 Å². The van der Waals surface area contributed by atoms with Crippen LogP contribution in [0.1, 0.15) is 34.2 Å². The Kier molecular flexibility index (Phi) is 6.75. The van der Waals surface area contributed by atoms with E-state index in [9.17, 15) is 4.79 Å². The molecule has 4 rings (SSSR count). The van der Waals surface area contributed by atoms with Crippen LogP contribution < -0.4 is 15.9 Å². The molecule has 0 spiro atoms. The van der Waals surface area contributed by atoms with Crippen molar-refractivity contribution in [1.82, 2.24) is 30.7 Å². The number of amides is 1. The molecule has 0 aliphatic carbocycles. The third kappa shape index (κ3) is 5.00. The number of halogens is 2. The minimum atomic E-state index is -0.552. The Morgan fingerprint density at radius 1 is 1.21 bits per heavy atom. The highest BCUT2D eigenvalue weighted by Gasteiger charge is 2.22. The molecule has 2 heterocycles. The van der Waals surface area contributed by atoms with Crippen LogP contribution >= 0.6 is 23.2 Å². The number of nitrogens with one attached hydrogen (secondary N) is 1. The van der Waals surface area contributed by atoms with E-state index < -0.39 is 5.91 Å². The van der Waals surface area contributed by atoms with Crippen molar-refractivity contribution < 1.29 is 14.2 Å². The molecule has 0 saturated heterocycles. The van der Waals surface area contributed by atoms with Crippen LogP contribution in [0.3, 0.4) is 0 Å². The van der Waals surface area contributed by atoms with Crippen molar-refractivity contribution in [3.05, 3.63) is 75.0 Å². The van der Waals surface area contributed by atoms with Crippen molar-refractivity contribution >= 4 is 40.6 Å². The van der Waals surface area contributed by atoms with Crippen LogP contribution in [0.2, 0.25) is 10.0 Å². The molecule has 0 unspecified atom stereocenters. The van der Waals surface area contributed by atoms with Crippen molar-refractivity contribution in [1.29, 1.82) is 0 Å². The summed E-state index contributed by atoms with van der Waals surface area (Å²) in [6.07, 6.45) is 0. The Morgan fingerprint density at radius 3 is 2.65 bits per heavy atom. The molecular formula is C21H18Cl2N8O3. The number of nitrogen functional groups attached to an aromatic ring is 1. The van der Waals surface area contributed by atoms with Crippen molar-refractivity contribution in [2.24, 2.45) is 5.10 Å². The lowest BCUT2D eigenvalue weighted by Crippen LogP contribution is -2.24. The van der Waals surface area contributed by atoms with E-state index in [1.165, 1.54) is 0 Å². The fraction of sp³-hybridized carbons (Fsp3) is 0.143. The van der Waals surface area contributed by atoms with E-state index in [1.807, 2.05) is 18.2 Å². The molecular weight excluding hydrogens is 483 g/mol. The highest BCUT2D eigenvalue weighted by atomic mass is 35.5. The second-order valence-corrected chi connectivity index (χ2v) is 7.94. The molecule has 3 N–H and O–H groups in total. The topological polar surface area (TPSA) is 146 Å². The number of aromatic nitrogens is 5. The summed E-state index contributed by atoms with van der Waals surface area (Å²) < 4.78 is 11.5. The summed E-state index contributed by atoms with van der Waals surface area (Å²) in [7, 11) is 0. The average molecular weight is 501 g/mol. The Morgan fingerprint density at radius 2 is 1.97 bits per heavy atom. The summed E-state index contributed by atoms with van der Waals surface area (Å²) >= 11 is 12.1. The summed E-state index contributed by atoms with van der Waals surface area (Å²) in [5.41, 5.74) is 10.8. The molecule has 0 aliphatic rings. The van der Waals surface area contributed by atoms with Crippen molar-refractivity contribution in [3.63, 3.8) is 0 Å². The van der Waals surface area contributed by atoms with Crippen LogP contribution in [0.15, 0.2) is 52.2 Å². The van der Waals surface area contributed by atoms with Crippen LogP contribution in [0.25, 0.3) is 5.82 Å². The first kappa shape index (κ1) is 23.2. The van der Waals surface area contributed by atoms with Gasteiger partial charge in [0.15, 0.2) is 5.69 Å². The second kappa shape index (κ2) is 9.89. The van der Waals surface area contributed by atoms with Gasteiger partial charge in [0, 0.05) is 15.6 Å². The van der Waals surface area contributed by atoms with Crippen LogP contribution in [0, 0.1) is 6.92 Å². The molecule has 1 amide bonds. The third-order valence-electron chi connectivity index (χ3n) is 4.76. The summed E-state index contributed by atoms with van der Waals surface area (Å²) in [4.78, 5) is 12.7. The van der Waals surface area contributed by atoms with Gasteiger partial charge in [-0.25, -0.2) is 10.1 Å². The van der Waals surface area contributed by atoms with Crippen molar-refractivity contribution in [2.75, 3.05) is 5.73 Å². The van der Waals surface area contributed by atoms with Gasteiger partial charge in [0.25, 0.3) is 5.91 Å². The summed E-state index contributed by atoms with van der Waals surface area (Å²) in [5.74, 6) is 0.126. The number of anilines is 1. The molecule has 34 heavy (non-hydrogen) atoms. The molecule has 2 aromatic carbocycles. The van der Waals surface area contributed by atoms with E-state index in [1.54, 1.807) is 38.1 Å². The van der Waals surface area contributed by atoms with E-state index in [2.05, 4.69) is 35.8 Å². The highest BCUT2D eigenvalue weighted by Crippen LogP contribution is 2.23. The molecule has 0 saturated carbocycles. The number of aryl methyl sites for hydroxylation is 1. The molecule has 0 aliphatic heterocycles. The van der Waals surface area contributed by atoms with Gasteiger partial charge >= 0.3 is 0 Å². The number of benzene rings is 2. The second-order valence-electron chi connectivity index (χ2n) is 7.10. The lowest BCUT2D eigenvalue weighted by molar-refractivity contribution is 0.0946. The number of carbonyl (C=O) groups excluding carboxylic acids is 1. The van der Waals surface area contributed by atoms with Crippen molar-refractivity contribution in [2.45, 2.75) is 20.5 Å². The maximum atomic E-state index is 12.7. The van der Waals surface area contributed by atoms with Crippen LogP contribution in [-0.4, -0.2) is 36.9 Å². The number of hydrazone groups is 1. The molecule has 11 nitrogen and oxygen atoms in total. The molecule has 0 atom stereocenters. The zero-order chi connectivity index (χ0) is 24.2. The van der Waals surface area contributed by atoms with Gasteiger partial charge in [-0.15, -0.1) is 5.10 Å². The van der Waals surface area contributed by atoms with Gasteiger partial charge in [0.1, 0.15) is 12.4 Å². The number of rotatable bonds is 7. The summed E-state index contributed by atoms with van der Waals surface area (Å²) in [5, 5.41) is 20.2. The zero-order valence-electron chi connectivity index (χ0n) is 18.0. The van der Waals surface area contributed by atoms with Gasteiger partial charge in [0.2, 0.25) is 11.6 Å². The Hall–Kier alpha value is -3.96. The Balaban J connectivity index is 1.42. The molecule has 0 bridgehead atoms. The quantitative estimate of drug-likeness (QED) is 0.289. The van der Waals surface area contributed by atoms with E-state index >= 15 is 0 Å². The van der Waals surface area contributed by atoms with Gasteiger partial charge in [-0.05, 0) is 66.1 Å². The van der Waals surface area contributed by atoms with E-state index in [0.717, 1.165) is 15.8 Å². The number of nitrogens with two attached hydrogens (primary N) is 1. The SMILES string of the molecule is C/C(=N\NC(=O)c1c(C)nnn1-c1nonc1N)c1ccc(OCc2ccc(Cl)cc2Cl)cc1. The fourth-order valence-corrected chi connectivity index (χ4v) is 3.41. The number of nitrogens with zero attached hydrogens (tertiary/aromatic N) is 6. The van der Waals surface area contributed by atoms with E-state index in [0.29, 0.717) is 33.8 Å². The smallest absolute Gasteiger partial charge is 0.292 e. The van der Waals surface area contributed by atoms with Gasteiger partial charge in [0.05, 0.1) is 11.4 Å². The average Bonchev–Trinajstić information content (AvgIpc) is 3.41. The fourth-order valence-electron chi connectivity index (χ4n) is 2.95. The largest absolute Gasteiger partial charge is 0.489 e. The lowest BCUT2D eigenvalue weighted by Gasteiger charge is -2.09. The lowest BCUT2D eigenvalue weighted by atomic mass is 10.1. The molecule has 0 radical (unpaired) electrons. The van der Waals surface area contributed by atoms with Gasteiger partial charge in [-0.1, -0.05) is 34.5 Å². The van der Waals surface area contributed by atoms with Gasteiger partial charge in [-0.3, -0.25) is 4.79 Å². The van der Waals surface area contributed by atoms with Crippen LogP contribution in [0.5, 0.6) is 5.75 Å². The Bertz CT molecular complexity index is 1360. The van der Waals surface area contributed by atoms with Crippen LogP contribution in [0.4, 0.5) is 5.82 Å². The molecule has 174 valence electrons. The normalized spacial score (nSPS) is 11.5. The molecule has 0 fully saturated rings. The number of carbonyl (C=O) groups is 1. The first-order chi connectivity index (χ1) is 16.3. The van der Waals surface area contributed by atoms with E-state index in [4.69, 9.17) is 33.7 Å². The first-order valence-electron chi connectivity index (χ1n) is 9.86. The van der Waals surface area contributed by atoms with E-state index in [-0.39, 0.29) is 17.3 Å². The Labute approximate surface area is 203 Å². The third-order valence-corrected chi connectivity index (χ3v) is 5.34. The highest BCUT2D eigenvalue weighted by molar-refractivity contribution is 6.35. The monoisotopic (exact) mass is 500 g/mol. The predicted octanol–water partition coefficient (Wildman–Crippen LogP) is 3.58. The summed E-state index contributed by atoms with van der Waals surface area (Å²) in [6.45, 7) is 3.67. The van der Waals surface area contributed by atoms with Crippen molar-refractivity contribution in [3.8, 4) is 11.6 Å². The molecule has 4 aromatic rings. The summed E-state index contributed by atoms with van der Waals surface area (Å²) in [6, 6.07) is 12.5. The number of hydrogen-bond acceptors (Lipinski definition) is 9. The maximum Gasteiger partial charge on any atom is 0.292 e. The maximum absolute atomic E-state index is 12.7. The predicted molar refractivity (Wildman–Crippen MR) is 125 cm³/mol. The molecule has 13 heteroatoms. The minimum absolute atomic E-state index is 0.0284.